The summed E-state index contributed by atoms with van der Waals surface area (Å²) in [4.78, 5) is 30.3. The summed E-state index contributed by atoms with van der Waals surface area (Å²) >= 11 is 0. The van der Waals surface area contributed by atoms with Gasteiger partial charge in [-0.3, -0.25) is 14.8 Å². The van der Waals surface area contributed by atoms with E-state index in [-0.39, 0.29) is 17.7 Å². The van der Waals surface area contributed by atoms with E-state index in [1.54, 1.807) is 4.90 Å². The normalized spacial score (nSPS) is 19.1. The van der Waals surface area contributed by atoms with E-state index in [0.717, 1.165) is 25.0 Å². The second-order valence-corrected chi connectivity index (χ2v) is 6.87. The molecule has 1 aliphatic rings. The van der Waals surface area contributed by atoms with Gasteiger partial charge in [-0.05, 0) is 40.0 Å². The van der Waals surface area contributed by atoms with Crippen molar-refractivity contribution in [1.82, 2.24) is 19.5 Å². The summed E-state index contributed by atoms with van der Waals surface area (Å²) in [5.74, 6) is 0. The van der Waals surface area contributed by atoms with E-state index in [4.69, 9.17) is 4.74 Å². The average molecular weight is 318 g/mol. The molecule has 1 atom stereocenters. The highest BCUT2D eigenvalue weighted by Crippen LogP contribution is 2.31. The lowest BCUT2D eigenvalue weighted by molar-refractivity contribution is 0.00897. The Hall–Kier alpha value is -2.31. The van der Waals surface area contributed by atoms with Crippen LogP contribution in [-0.4, -0.2) is 37.7 Å². The standard InChI is InChI=1S/C16H22N4O3/c1-16(2,3)23-15(22)19-9-5-4-6-12(19)11-10-13-17-8-7-14(21)20(13)18-11/h7-8,10,12,18H,4-6,9H2,1-3H3. The second-order valence-electron chi connectivity index (χ2n) is 6.87. The summed E-state index contributed by atoms with van der Waals surface area (Å²) in [6, 6.07) is 3.11. The van der Waals surface area contributed by atoms with Crippen LogP contribution in [-0.2, 0) is 4.74 Å². The smallest absolute Gasteiger partial charge is 0.410 e. The molecule has 2 aromatic rings. The Morgan fingerprint density at radius 2 is 2.17 bits per heavy atom. The van der Waals surface area contributed by atoms with E-state index in [1.165, 1.54) is 16.8 Å². The average Bonchev–Trinajstić information content (AvgIpc) is 2.91. The van der Waals surface area contributed by atoms with E-state index in [9.17, 15) is 9.59 Å². The maximum Gasteiger partial charge on any atom is 0.410 e. The van der Waals surface area contributed by atoms with Crippen molar-refractivity contribution >= 4 is 11.7 Å². The van der Waals surface area contributed by atoms with Crippen LogP contribution in [0, 0.1) is 0 Å². The van der Waals surface area contributed by atoms with E-state index in [1.807, 2.05) is 26.8 Å². The van der Waals surface area contributed by atoms with Crippen molar-refractivity contribution in [2.75, 3.05) is 6.54 Å². The molecule has 0 saturated carbocycles. The molecule has 3 heterocycles. The number of aromatic nitrogens is 3. The molecule has 124 valence electrons. The third-order valence-corrected chi connectivity index (χ3v) is 3.89. The maximum absolute atomic E-state index is 12.5. The van der Waals surface area contributed by atoms with Crippen molar-refractivity contribution in [2.24, 2.45) is 0 Å². The molecule has 0 bridgehead atoms. The maximum atomic E-state index is 12.5. The van der Waals surface area contributed by atoms with Gasteiger partial charge in [0.15, 0.2) is 5.65 Å². The lowest BCUT2D eigenvalue weighted by atomic mass is 10.00. The number of rotatable bonds is 1. The van der Waals surface area contributed by atoms with Crippen molar-refractivity contribution in [3.63, 3.8) is 0 Å². The molecule has 0 aromatic carbocycles. The Morgan fingerprint density at radius 1 is 1.39 bits per heavy atom. The van der Waals surface area contributed by atoms with Crippen LogP contribution in [0.25, 0.3) is 5.65 Å². The number of H-pyrrole nitrogens is 1. The lowest BCUT2D eigenvalue weighted by Gasteiger charge is -2.36. The van der Waals surface area contributed by atoms with Crippen molar-refractivity contribution in [3.05, 3.63) is 34.4 Å². The molecule has 1 N–H and O–H groups in total. The minimum absolute atomic E-state index is 0.125. The summed E-state index contributed by atoms with van der Waals surface area (Å²) in [5, 5.41) is 3.07. The van der Waals surface area contributed by atoms with Gasteiger partial charge < -0.3 is 4.74 Å². The molecule has 0 aliphatic carbocycles. The van der Waals surface area contributed by atoms with Crippen LogP contribution in [0.15, 0.2) is 23.1 Å². The fourth-order valence-electron chi connectivity index (χ4n) is 2.90. The number of carbonyl (C=O) groups excluding carboxylic acids is 1. The first-order chi connectivity index (χ1) is 10.8. The van der Waals surface area contributed by atoms with Crippen LogP contribution in [0.5, 0.6) is 0 Å². The van der Waals surface area contributed by atoms with Crippen LogP contribution in [0.1, 0.15) is 51.8 Å². The molecule has 1 saturated heterocycles. The van der Waals surface area contributed by atoms with Crippen LogP contribution in [0.2, 0.25) is 0 Å². The van der Waals surface area contributed by atoms with Gasteiger partial charge in [0, 0.05) is 24.9 Å². The van der Waals surface area contributed by atoms with Crippen molar-refractivity contribution in [3.8, 4) is 0 Å². The van der Waals surface area contributed by atoms with Gasteiger partial charge in [0.05, 0.1) is 11.7 Å². The Morgan fingerprint density at radius 3 is 2.87 bits per heavy atom. The number of ether oxygens (including phenoxy) is 1. The lowest BCUT2D eigenvalue weighted by Crippen LogP contribution is -2.42. The predicted octanol–water partition coefficient (Wildman–Crippen LogP) is 2.48. The molecule has 0 spiro atoms. The van der Waals surface area contributed by atoms with E-state index >= 15 is 0 Å². The molecule has 1 amide bonds. The number of nitrogens with one attached hydrogen (secondary N) is 1. The number of hydrogen-bond donors (Lipinski definition) is 1. The summed E-state index contributed by atoms with van der Waals surface area (Å²) in [7, 11) is 0. The summed E-state index contributed by atoms with van der Waals surface area (Å²) in [5.41, 5.74) is 0.673. The SMILES string of the molecule is CC(C)(C)OC(=O)N1CCCCC1c1cc2nccc(=O)n2[nH]1. The Kier molecular flexibility index (Phi) is 3.87. The summed E-state index contributed by atoms with van der Waals surface area (Å²) < 4.78 is 6.92. The first-order valence-corrected chi connectivity index (χ1v) is 7.91. The number of likely N-dealkylation sites (tertiary alicyclic amines) is 1. The number of amides is 1. The van der Waals surface area contributed by atoms with E-state index < -0.39 is 5.60 Å². The van der Waals surface area contributed by atoms with Crippen LogP contribution >= 0.6 is 0 Å². The Bertz CT molecular complexity index is 771. The topological polar surface area (TPSA) is 79.7 Å². The predicted molar refractivity (Wildman–Crippen MR) is 85.3 cm³/mol. The molecular formula is C16H22N4O3. The molecule has 3 rings (SSSR count). The highest BCUT2D eigenvalue weighted by atomic mass is 16.6. The number of piperidine rings is 1. The number of carbonyl (C=O) groups is 1. The molecular weight excluding hydrogens is 296 g/mol. The first-order valence-electron chi connectivity index (χ1n) is 7.91. The van der Waals surface area contributed by atoms with Crippen molar-refractivity contribution in [2.45, 2.75) is 51.7 Å². The fourth-order valence-corrected chi connectivity index (χ4v) is 2.90. The van der Waals surface area contributed by atoms with Crippen LogP contribution in [0.3, 0.4) is 0 Å². The zero-order chi connectivity index (χ0) is 16.6. The zero-order valence-corrected chi connectivity index (χ0v) is 13.7. The van der Waals surface area contributed by atoms with Gasteiger partial charge in [-0.2, -0.15) is 0 Å². The Labute approximate surface area is 134 Å². The quantitative estimate of drug-likeness (QED) is 0.876. The van der Waals surface area contributed by atoms with Crippen molar-refractivity contribution < 1.29 is 9.53 Å². The number of fused-ring (bicyclic) bond motifs is 1. The third-order valence-electron chi connectivity index (χ3n) is 3.89. The van der Waals surface area contributed by atoms with Crippen LogP contribution in [0.4, 0.5) is 4.79 Å². The van der Waals surface area contributed by atoms with E-state index in [0.29, 0.717) is 12.2 Å². The Balaban J connectivity index is 1.92. The molecule has 1 unspecified atom stereocenters. The van der Waals surface area contributed by atoms with E-state index in [2.05, 4.69) is 10.1 Å². The van der Waals surface area contributed by atoms with Crippen molar-refractivity contribution in [1.29, 1.82) is 0 Å². The summed E-state index contributed by atoms with van der Waals surface area (Å²) in [6.07, 6.45) is 3.99. The van der Waals surface area contributed by atoms with Gasteiger partial charge in [-0.15, -0.1) is 0 Å². The third kappa shape index (κ3) is 3.23. The summed E-state index contributed by atoms with van der Waals surface area (Å²) in [6.45, 7) is 6.22. The van der Waals surface area contributed by atoms with Gasteiger partial charge in [-0.25, -0.2) is 14.3 Å². The van der Waals surface area contributed by atoms with Gasteiger partial charge in [0.25, 0.3) is 5.56 Å². The number of nitrogens with zero attached hydrogens (tertiary/aromatic N) is 3. The van der Waals surface area contributed by atoms with Crippen LogP contribution < -0.4 is 5.56 Å². The zero-order valence-electron chi connectivity index (χ0n) is 13.7. The molecule has 0 radical (unpaired) electrons. The number of hydrogen-bond acceptors (Lipinski definition) is 4. The first kappa shape index (κ1) is 15.6. The second kappa shape index (κ2) is 5.72. The number of aromatic amines is 1. The minimum Gasteiger partial charge on any atom is -0.444 e. The molecule has 23 heavy (non-hydrogen) atoms. The molecule has 7 heteroatoms. The van der Waals surface area contributed by atoms with Gasteiger partial charge >= 0.3 is 6.09 Å². The monoisotopic (exact) mass is 318 g/mol. The molecule has 2 aromatic heterocycles. The molecule has 7 nitrogen and oxygen atoms in total. The minimum atomic E-state index is -0.530. The highest BCUT2D eigenvalue weighted by Gasteiger charge is 2.32. The largest absolute Gasteiger partial charge is 0.444 e. The van der Waals surface area contributed by atoms with Gasteiger partial charge in [0.2, 0.25) is 0 Å². The van der Waals surface area contributed by atoms with Gasteiger partial charge in [-0.1, -0.05) is 0 Å². The van der Waals surface area contributed by atoms with Gasteiger partial charge in [0.1, 0.15) is 5.60 Å². The fraction of sp³-hybridized carbons (Fsp3) is 0.562. The molecule has 1 fully saturated rings. The highest BCUT2D eigenvalue weighted by molar-refractivity contribution is 5.69. The molecule has 1 aliphatic heterocycles.